The highest BCUT2D eigenvalue weighted by Crippen LogP contribution is 2.45. The molecule has 1 aliphatic carbocycles. The lowest BCUT2D eigenvalue weighted by atomic mass is 9.87. The molecule has 0 bridgehead atoms. The van der Waals surface area contributed by atoms with Crippen LogP contribution >= 0.6 is 0 Å². The number of nitrogens with zero attached hydrogens (tertiary/aromatic N) is 3. The zero-order chi connectivity index (χ0) is 32.6. The van der Waals surface area contributed by atoms with Gasteiger partial charge in [0.15, 0.2) is 17.5 Å². The fraction of sp³-hybridized carbons (Fsp3) is 0.0444. The Bertz CT molecular complexity index is 2490. The van der Waals surface area contributed by atoms with E-state index in [9.17, 15) is 0 Å². The molecule has 4 heteroatoms. The maximum atomic E-state index is 6.90. The highest BCUT2D eigenvalue weighted by atomic mass is 16.3. The second-order valence-corrected chi connectivity index (χ2v) is 12.3. The van der Waals surface area contributed by atoms with E-state index in [0.717, 1.165) is 62.6 Å². The monoisotopic (exact) mass is 629 g/mol. The van der Waals surface area contributed by atoms with Crippen LogP contribution in [-0.2, 0) is 12.8 Å². The van der Waals surface area contributed by atoms with Crippen molar-refractivity contribution < 1.29 is 4.42 Å². The van der Waals surface area contributed by atoms with Gasteiger partial charge in [-0.1, -0.05) is 158 Å². The molecule has 0 fully saturated rings. The number of furan rings is 1. The Hall–Kier alpha value is -6.39. The maximum absolute atomic E-state index is 6.90. The average molecular weight is 630 g/mol. The summed E-state index contributed by atoms with van der Waals surface area (Å²) in [6.07, 6.45) is 10.4. The van der Waals surface area contributed by atoms with Crippen LogP contribution in [0.25, 0.3) is 78.4 Å². The molecule has 2 heterocycles. The summed E-state index contributed by atoms with van der Waals surface area (Å²) in [4.78, 5) is 15.1. The van der Waals surface area contributed by atoms with Gasteiger partial charge in [0.1, 0.15) is 11.2 Å². The molecular weight excluding hydrogens is 599 g/mol. The summed E-state index contributed by atoms with van der Waals surface area (Å²) in [5.74, 6) is 1.87. The Balaban J connectivity index is 1.32. The van der Waals surface area contributed by atoms with Gasteiger partial charge in [0, 0.05) is 33.0 Å². The predicted molar refractivity (Wildman–Crippen MR) is 200 cm³/mol. The molecule has 0 unspecified atom stereocenters. The van der Waals surface area contributed by atoms with Crippen molar-refractivity contribution in [2.24, 2.45) is 0 Å². The van der Waals surface area contributed by atoms with E-state index < -0.39 is 0 Å². The summed E-state index contributed by atoms with van der Waals surface area (Å²) in [6, 6.07) is 48.2. The Morgan fingerprint density at radius 3 is 1.71 bits per heavy atom. The molecule has 8 aromatic rings. The van der Waals surface area contributed by atoms with Crippen molar-refractivity contribution in [3.8, 4) is 56.4 Å². The number of hydrogen-bond donors (Lipinski definition) is 0. The average Bonchev–Trinajstić information content (AvgIpc) is 3.55. The Labute approximate surface area is 284 Å². The van der Waals surface area contributed by atoms with Gasteiger partial charge in [0.2, 0.25) is 0 Å². The van der Waals surface area contributed by atoms with E-state index in [-0.39, 0.29) is 0 Å². The fourth-order valence-electron chi connectivity index (χ4n) is 6.96. The van der Waals surface area contributed by atoms with Gasteiger partial charge in [0.25, 0.3) is 0 Å². The zero-order valence-corrected chi connectivity index (χ0v) is 26.8. The lowest BCUT2D eigenvalue weighted by Gasteiger charge is -2.17. The Morgan fingerprint density at radius 1 is 0.429 bits per heavy atom. The molecule has 0 atom stereocenters. The summed E-state index contributed by atoms with van der Waals surface area (Å²) in [5.41, 5.74) is 11.7. The number of allylic oxidation sites excluding steroid dienone is 4. The molecule has 6 aromatic carbocycles. The van der Waals surface area contributed by atoms with Crippen molar-refractivity contribution in [2.45, 2.75) is 12.8 Å². The highest BCUT2D eigenvalue weighted by molar-refractivity contribution is 6.16. The van der Waals surface area contributed by atoms with Crippen LogP contribution in [0.4, 0.5) is 0 Å². The van der Waals surface area contributed by atoms with Gasteiger partial charge in [-0.15, -0.1) is 0 Å². The molecule has 0 amide bonds. The zero-order valence-electron chi connectivity index (χ0n) is 26.8. The van der Waals surface area contributed by atoms with E-state index in [1.165, 1.54) is 22.3 Å². The van der Waals surface area contributed by atoms with Crippen molar-refractivity contribution >= 4 is 21.9 Å². The van der Waals surface area contributed by atoms with Gasteiger partial charge in [-0.25, -0.2) is 15.0 Å². The molecule has 0 aliphatic heterocycles. The summed E-state index contributed by atoms with van der Waals surface area (Å²) < 4.78 is 6.90. The predicted octanol–water partition coefficient (Wildman–Crippen LogP) is 11.3. The Morgan fingerprint density at radius 2 is 1.00 bits per heavy atom. The van der Waals surface area contributed by atoms with Crippen molar-refractivity contribution in [1.82, 2.24) is 15.0 Å². The topological polar surface area (TPSA) is 51.8 Å². The maximum Gasteiger partial charge on any atom is 0.164 e. The first-order valence-electron chi connectivity index (χ1n) is 16.7. The third kappa shape index (κ3) is 5.24. The standard InChI is InChI=1S/C45H31N3O/c1-2-6-18-31-28-29-37-41-38(45-47-43(32-19-7-3-8-20-32)46-44(48-45)33-21-9-4-10-22-33)26-15-27-39(41)49-42(37)40(31)36-25-14-13-24-35(36)34-23-12-11-17-30(34)16-5-1/h1-15,17,19-29H,16,18H2. The minimum absolute atomic E-state index is 0.609. The minimum atomic E-state index is 0.609. The lowest BCUT2D eigenvalue weighted by Crippen LogP contribution is -2.00. The van der Waals surface area contributed by atoms with Gasteiger partial charge in [-0.2, -0.15) is 0 Å². The number of hydrogen-bond acceptors (Lipinski definition) is 4. The van der Waals surface area contributed by atoms with Crippen molar-refractivity contribution in [2.75, 3.05) is 0 Å². The molecule has 2 aromatic heterocycles. The summed E-state index contributed by atoms with van der Waals surface area (Å²) in [7, 11) is 0. The number of rotatable bonds is 3. The first kappa shape index (κ1) is 28.8. The van der Waals surface area contributed by atoms with Crippen LogP contribution in [0.15, 0.2) is 168 Å². The van der Waals surface area contributed by atoms with Crippen molar-refractivity contribution in [3.05, 3.63) is 175 Å². The number of fused-ring (bicyclic) bond motifs is 9. The first-order chi connectivity index (χ1) is 24.3. The van der Waals surface area contributed by atoms with E-state index in [2.05, 4.69) is 91.0 Å². The third-order valence-corrected chi connectivity index (χ3v) is 9.25. The van der Waals surface area contributed by atoms with E-state index >= 15 is 0 Å². The van der Waals surface area contributed by atoms with Gasteiger partial charge in [0.05, 0.1) is 0 Å². The van der Waals surface area contributed by atoms with E-state index in [0.29, 0.717) is 17.5 Å². The first-order valence-corrected chi connectivity index (χ1v) is 16.7. The van der Waals surface area contributed by atoms with Gasteiger partial charge in [-0.3, -0.25) is 0 Å². The molecular formula is C45H31N3O. The summed E-state index contributed by atoms with van der Waals surface area (Å²) in [5, 5.41) is 2.03. The van der Waals surface area contributed by atoms with E-state index in [1.807, 2.05) is 72.8 Å². The van der Waals surface area contributed by atoms with Gasteiger partial charge < -0.3 is 4.42 Å². The Kier molecular flexibility index (Phi) is 7.25. The van der Waals surface area contributed by atoms with E-state index in [1.54, 1.807) is 0 Å². The number of aromatic nitrogens is 3. The summed E-state index contributed by atoms with van der Waals surface area (Å²) >= 11 is 0. The number of benzene rings is 6. The normalized spacial score (nSPS) is 12.6. The van der Waals surface area contributed by atoms with E-state index in [4.69, 9.17) is 19.4 Å². The SMILES string of the molecule is C1=CCc2ccccc2-c2ccccc2-c2c(ccc3c2oc2cccc(-c4nc(-c5ccccc5)nc(-c5ccccc5)n4)c23)CC=C1. The third-order valence-electron chi connectivity index (χ3n) is 9.25. The molecule has 0 radical (unpaired) electrons. The largest absolute Gasteiger partial charge is 0.455 e. The second-order valence-electron chi connectivity index (χ2n) is 12.3. The molecule has 1 aliphatic rings. The molecule has 9 rings (SSSR count). The van der Waals surface area contributed by atoms with Crippen LogP contribution in [0.2, 0.25) is 0 Å². The van der Waals surface area contributed by atoms with Crippen molar-refractivity contribution in [3.63, 3.8) is 0 Å². The second kappa shape index (κ2) is 12.3. The molecule has 0 N–H and O–H groups in total. The van der Waals surface area contributed by atoms with Crippen LogP contribution in [-0.4, -0.2) is 15.0 Å². The van der Waals surface area contributed by atoms with Crippen LogP contribution in [0.1, 0.15) is 11.1 Å². The van der Waals surface area contributed by atoms with Crippen LogP contribution in [0.3, 0.4) is 0 Å². The smallest absolute Gasteiger partial charge is 0.164 e. The quantitative estimate of drug-likeness (QED) is 0.195. The van der Waals surface area contributed by atoms with Crippen molar-refractivity contribution in [1.29, 1.82) is 0 Å². The van der Waals surface area contributed by atoms with Crippen LogP contribution in [0.5, 0.6) is 0 Å². The molecule has 0 spiro atoms. The molecule has 0 saturated heterocycles. The van der Waals surface area contributed by atoms with Crippen LogP contribution in [0, 0.1) is 0 Å². The molecule has 232 valence electrons. The van der Waals surface area contributed by atoms with Gasteiger partial charge in [-0.05, 0) is 46.7 Å². The summed E-state index contributed by atoms with van der Waals surface area (Å²) in [6.45, 7) is 0. The minimum Gasteiger partial charge on any atom is -0.455 e. The molecule has 0 saturated carbocycles. The lowest BCUT2D eigenvalue weighted by molar-refractivity contribution is 0.669. The van der Waals surface area contributed by atoms with Gasteiger partial charge >= 0.3 is 0 Å². The highest BCUT2D eigenvalue weighted by Gasteiger charge is 2.23. The molecule has 49 heavy (non-hydrogen) atoms. The van der Waals surface area contributed by atoms with Crippen LogP contribution < -0.4 is 0 Å². The molecule has 4 nitrogen and oxygen atoms in total. The fourth-order valence-corrected chi connectivity index (χ4v) is 6.96.